The molecule has 2 heterocycles. The van der Waals surface area contributed by atoms with Crippen LogP contribution in [-0.4, -0.2) is 53.3 Å². The first-order valence-corrected chi connectivity index (χ1v) is 11.1. The lowest BCUT2D eigenvalue weighted by Gasteiger charge is -2.35. The van der Waals surface area contributed by atoms with Gasteiger partial charge in [-0.25, -0.2) is 9.97 Å². The van der Waals surface area contributed by atoms with Gasteiger partial charge in [-0.2, -0.15) is 0 Å². The number of hydrogen-bond donors (Lipinski definition) is 1. The minimum Gasteiger partial charge on any atom is -0.497 e. The van der Waals surface area contributed by atoms with E-state index in [1.54, 1.807) is 7.11 Å². The molecular weight excluding hydrogens is 384 g/mol. The van der Waals surface area contributed by atoms with E-state index in [9.17, 15) is 4.79 Å². The van der Waals surface area contributed by atoms with Gasteiger partial charge in [0, 0.05) is 17.9 Å². The Morgan fingerprint density at radius 1 is 1.14 bits per heavy atom. The van der Waals surface area contributed by atoms with Crippen LogP contribution >= 0.6 is 11.8 Å². The molecule has 1 N–H and O–H groups in total. The highest BCUT2D eigenvalue weighted by molar-refractivity contribution is 7.99. The van der Waals surface area contributed by atoms with Gasteiger partial charge in [-0.3, -0.25) is 9.69 Å². The summed E-state index contributed by atoms with van der Waals surface area (Å²) in [4.78, 5) is 23.7. The maximum absolute atomic E-state index is 12.5. The van der Waals surface area contributed by atoms with Gasteiger partial charge in [0.2, 0.25) is 5.91 Å². The summed E-state index contributed by atoms with van der Waals surface area (Å²) in [5, 5.41) is 3.77. The van der Waals surface area contributed by atoms with Crippen LogP contribution in [-0.2, 0) is 4.79 Å². The van der Waals surface area contributed by atoms with Crippen molar-refractivity contribution in [3.05, 3.63) is 47.3 Å². The van der Waals surface area contributed by atoms with Crippen molar-refractivity contribution in [1.82, 2.24) is 20.2 Å². The highest BCUT2D eigenvalue weighted by atomic mass is 32.2. The van der Waals surface area contributed by atoms with Crippen LogP contribution in [0.1, 0.15) is 42.3 Å². The number of carbonyl (C=O) groups excluding carboxylic acids is 1. The van der Waals surface area contributed by atoms with Crippen LogP contribution in [0, 0.1) is 13.8 Å². The van der Waals surface area contributed by atoms with E-state index in [0.717, 1.165) is 30.2 Å². The molecule has 1 aromatic carbocycles. The Hall–Kier alpha value is -2.12. The Morgan fingerprint density at radius 2 is 1.79 bits per heavy atom. The van der Waals surface area contributed by atoms with Crippen molar-refractivity contribution in [2.24, 2.45) is 0 Å². The van der Waals surface area contributed by atoms with E-state index in [1.807, 2.05) is 32.0 Å². The van der Waals surface area contributed by atoms with Crippen molar-refractivity contribution in [3.63, 3.8) is 0 Å². The third-order valence-corrected chi connectivity index (χ3v) is 5.97. The number of amides is 1. The zero-order chi connectivity index (χ0) is 20.6. The molecular formula is C22H30N4O2S. The molecule has 0 saturated carbocycles. The van der Waals surface area contributed by atoms with Crippen LogP contribution in [0.4, 0.5) is 0 Å². The summed E-state index contributed by atoms with van der Waals surface area (Å²) in [6.07, 6.45) is 3.70. The maximum atomic E-state index is 12.5. The van der Waals surface area contributed by atoms with Crippen LogP contribution in [0.25, 0.3) is 0 Å². The van der Waals surface area contributed by atoms with Crippen LogP contribution < -0.4 is 10.1 Å². The fourth-order valence-electron chi connectivity index (χ4n) is 3.66. The summed E-state index contributed by atoms with van der Waals surface area (Å²) in [5.41, 5.74) is 3.05. The van der Waals surface area contributed by atoms with E-state index < -0.39 is 0 Å². The zero-order valence-corrected chi connectivity index (χ0v) is 18.3. The first-order valence-electron chi connectivity index (χ1n) is 10.1. The first kappa shape index (κ1) is 21.6. The van der Waals surface area contributed by atoms with Crippen LogP contribution in [0.3, 0.4) is 0 Å². The number of thioether (sulfide) groups is 1. The average Bonchev–Trinajstić information content (AvgIpc) is 2.73. The molecule has 1 amide bonds. The van der Waals surface area contributed by atoms with Crippen molar-refractivity contribution >= 4 is 17.7 Å². The smallest absolute Gasteiger partial charge is 0.230 e. The molecule has 0 aliphatic carbocycles. The summed E-state index contributed by atoms with van der Waals surface area (Å²) < 4.78 is 5.29. The fourth-order valence-corrected chi connectivity index (χ4v) is 4.44. The number of piperidine rings is 1. The standard InChI is InChI=1S/C22H30N4O2S/c1-16-13-17(2)25-22(24-16)29-15-21(27)23-14-20(26-11-5-4-6-12-26)18-7-9-19(28-3)10-8-18/h7-10,13,20H,4-6,11-12,14-15H2,1-3H3,(H,23,27)/t20-/m1/s1. The Balaban J connectivity index is 1.60. The van der Waals surface area contributed by atoms with E-state index in [1.165, 1.54) is 36.6 Å². The SMILES string of the molecule is COc1ccc([C@@H](CNC(=O)CSc2nc(C)cc(C)n2)N2CCCCC2)cc1. The van der Waals surface area contributed by atoms with Crippen molar-refractivity contribution in [1.29, 1.82) is 0 Å². The molecule has 1 aliphatic heterocycles. The number of ether oxygens (including phenoxy) is 1. The van der Waals surface area contributed by atoms with Crippen molar-refractivity contribution in [3.8, 4) is 5.75 Å². The number of aryl methyl sites for hydroxylation is 2. The van der Waals surface area contributed by atoms with Gasteiger partial charge >= 0.3 is 0 Å². The molecule has 156 valence electrons. The summed E-state index contributed by atoms with van der Waals surface area (Å²) in [6.45, 7) is 6.61. The largest absolute Gasteiger partial charge is 0.497 e. The zero-order valence-electron chi connectivity index (χ0n) is 17.5. The van der Waals surface area contributed by atoms with Gasteiger partial charge in [-0.15, -0.1) is 0 Å². The van der Waals surface area contributed by atoms with Gasteiger partial charge in [-0.05, 0) is 63.5 Å². The van der Waals surface area contributed by atoms with Gasteiger partial charge < -0.3 is 10.1 Å². The third-order valence-electron chi connectivity index (χ3n) is 5.12. The monoisotopic (exact) mass is 414 g/mol. The molecule has 7 heteroatoms. The van der Waals surface area contributed by atoms with E-state index in [-0.39, 0.29) is 11.9 Å². The van der Waals surface area contributed by atoms with Gasteiger partial charge in [0.1, 0.15) is 5.75 Å². The molecule has 1 atom stereocenters. The quantitative estimate of drug-likeness (QED) is 0.526. The Kier molecular flexibility index (Phi) is 7.89. The van der Waals surface area contributed by atoms with Gasteiger partial charge in [-0.1, -0.05) is 30.3 Å². The molecule has 0 spiro atoms. The molecule has 1 saturated heterocycles. The lowest BCUT2D eigenvalue weighted by molar-refractivity contribution is -0.118. The highest BCUT2D eigenvalue weighted by Gasteiger charge is 2.23. The molecule has 0 bridgehead atoms. The highest BCUT2D eigenvalue weighted by Crippen LogP contribution is 2.26. The number of rotatable bonds is 8. The first-order chi connectivity index (χ1) is 14.0. The van der Waals surface area contributed by atoms with Crippen molar-refractivity contribution in [2.45, 2.75) is 44.3 Å². The molecule has 29 heavy (non-hydrogen) atoms. The minimum atomic E-state index is 0.00767. The topological polar surface area (TPSA) is 67.3 Å². The summed E-state index contributed by atoms with van der Waals surface area (Å²) in [6, 6.07) is 10.3. The molecule has 1 aromatic heterocycles. The molecule has 3 rings (SSSR count). The number of aromatic nitrogens is 2. The maximum Gasteiger partial charge on any atom is 0.230 e. The number of nitrogens with one attached hydrogen (secondary N) is 1. The van der Waals surface area contributed by atoms with E-state index >= 15 is 0 Å². The minimum absolute atomic E-state index is 0.00767. The van der Waals surface area contributed by atoms with Gasteiger partial charge in [0.25, 0.3) is 0 Å². The average molecular weight is 415 g/mol. The molecule has 6 nitrogen and oxygen atoms in total. The summed E-state index contributed by atoms with van der Waals surface area (Å²) in [5.74, 6) is 1.17. The predicted octanol–water partition coefficient (Wildman–Crippen LogP) is 3.54. The Labute approximate surface area is 177 Å². The second-order valence-electron chi connectivity index (χ2n) is 7.41. The number of hydrogen-bond acceptors (Lipinski definition) is 6. The number of carbonyl (C=O) groups is 1. The lowest BCUT2D eigenvalue weighted by Crippen LogP contribution is -2.41. The fraction of sp³-hybridized carbons (Fsp3) is 0.500. The van der Waals surface area contributed by atoms with Crippen molar-refractivity contribution < 1.29 is 9.53 Å². The van der Waals surface area contributed by atoms with Crippen molar-refractivity contribution in [2.75, 3.05) is 32.5 Å². The predicted molar refractivity (Wildman–Crippen MR) is 116 cm³/mol. The van der Waals surface area contributed by atoms with Crippen LogP contribution in [0.15, 0.2) is 35.5 Å². The van der Waals surface area contributed by atoms with E-state index in [4.69, 9.17) is 4.74 Å². The molecule has 0 radical (unpaired) electrons. The van der Waals surface area contributed by atoms with E-state index in [2.05, 4.69) is 32.3 Å². The normalized spacial score (nSPS) is 15.7. The van der Waals surface area contributed by atoms with Gasteiger partial charge in [0.05, 0.1) is 18.9 Å². The lowest BCUT2D eigenvalue weighted by atomic mass is 10.0. The Morgan fingerprint density at radius 3 is 2.41 bits per heavy atom. The van der Waals surface area contributed by atoms with Crippen LogP contribution in [0.2, 0.25) is 0 Å². The number of nitrogens with zero attached hydrogens (tertiary/aromatic N) is 3. The molecule has 2 aromatic rings. The summed E-state index contributed by atoms with van der Waals surface area (Å²) >= 11 is 1.38. The second-order valence-corrected chi connectivity index (χ2v) is 8.35. The van der Waals surface area contributed by atoms with Crippen LogP contribution in [0.5, 0.6) is 5.75 Å². The second kappa shape index (κ2) is 10.6. The molecule has 0 unspecified atom stereocenters. The molecule has 1 aliphatic rings. The van der Waals surface area contributed by atoms with E-state index in [0.29, 0.717) is 17.5 Å². The Bertz CT molecular complexity index is 787. The number of methoxy groups -OCH3 is 1. The number of likely N-dealkylation sites (tertiary alicyclic amines) is 1. The van der Waals surface area contributed by atoms with Gasteiger partial charge in [0.15, 0.2) is 5.16 Å². The summed E-state index contributed by atoms with van der Waals surface area (Å²) in [7, 11) is 1.68. The third kappa shape index (κ3) is 6.44. The number of benzene rings is 1. The molecule has 1 fully saturated rings.